The number of nitrogens with zero attached hydrogens (tertiary/aromatic N) is 4. The molecule has 3 unspecified atom stereocenters. The third kappa shape index (κ3) is 5.85. The van der Waals surface area contributed by atoms with Crippen LogP contribution in [0.15, 0.2) is 6.33 Å². The number of aliphatic hydroxyl groups excluding tert-OH is 1. The van der Waals surface area contributed by atoms with Crippen molar-refractivity contribution in [1.29, 1.82) is 0 Å². The van der Waals surface area contributed by atoms with E-state index in [2.05, 4.69) is 20.0 Å². The van der Waals surface area contributed by atoms with Gasteiger partial charge in [-0.05, 0) is 30.8 Å². The van der Waals surface area contributed by atoms with Crippen molar-refractivity contribution in [3.05, 3.63) is 6.33 Å². The van der Waals surface area contributed by atoms with Gasteiger partial charge in [-0.3, -0.25) is 9.36 Å². The molecule has 1 saturated heterocycles. The summed E-state index contributed by atoms with van der Waals surface area (Å²) in [6.45, 7) is 6.76. The first-order valence-corrected chi connectivity index (χ1v) is 12.3. The maximum Gasteiger partial charge on any atom is 0.613 e. The molecule has 6 atom stereocenters. The molecule has 0 radical (unpaired) electrons. The summed E-state index contributed by atoms with van der Waals surface area (Å²) in [4.78, 5) is 24.5. The predicted octanol–water partition coefficient (Wildman–Crippen LogP) is 0.668. The Morgan fingerprint density at radius 2 is 2.14 bits per heavy atom. The lowest BCUT2D eigenvalue weighted by atomic mass is 9.96. The van der Waals surface area contributed by atoms with E-state index in [0.717, 1.165) is 0 Å². The van der Waals surface area contributed by atoms with Crippen LogP contribution in [0.1, 0.15) is 40.3 Å². The van der Waals surface area contributed by atoms with E-state index in [1.807, 2.05) is 13.8 Å². The molecule has 2 aromatic rings. The molecule has 5 N–H and O–H groups in total. The molecule has 15 heteroatoms. The Hall–Kier alpha value is -2.48. The number of nitrogen functional groups attached to an aromatic ring is 1. The molecular weight excluding hydrogens is 483 g/mol. The molecule has 2 aromatic heterocycles. The summed E-state index contributed by atoms with van der Waals surface area (Å²) in [5, 5.41) is 24.4. The molecule has 1 aliphatic heterocycles. The van der Waals surface area contributed by atoms with Crippen LogP contribution in [0.25, 0.3) is 11.2 Å². The Kier molecular flexibility index (Phi) is 8.57. The number of fused-ring (bicyclic) bond motifs is 1. The zero-order chi connectivity index (χ0) is 25.9. The van der Waals surface area contributed by atoms with Crippen molar-refractivity contribution in [1.82, 2.24) is 24.6 Å². The van der Waals surface area contributed by atoms with E-state index in [4.69, 9.17) is 24.5 Å². The zero-order valence-corrected chi connectivity index (χ0v) is 21.1. The maximum absolute atomic E-state index is 12.5. The molecule has 0 aromatic carbocycles. The Bertz CT molecular complexity index is 1060. The summed E-state index contributed by atoms with van der Waals surface area (Å²) in [5.74, 6) is -0.325. The van der Waals surface area contributed by atoms with Crippen molar-refractivity contribution < 1.29 is 38.3 Å². The molecule has 0 aliphatic carbocycles. The number of methoxy groups -OCH3 is 1. The highest BCUT2D eigenvalue weighted by atomic mass is 31.1. The molecule has 0 spiro atoms. The number of anilines is 1. The van der Waals surface area contributed by atoms with Gasteiger partial charge in [0.25, 0.3) is 0 Å². The molecule has 0 amide bonds. The summed E-state index contributed by atoms with van der Waals surface area (Å²) in [5.41, 5.74) is 4.48. The molecule has 0 bridgehead atoms. The summed E-state index contributed by atoms with van der Waals surface area (Å²) in [6, 6.07) is -0.818. The number of carbonyl (C=O) groups is 1. The smallest absolute Gasteiger partial charge is 0.479 e. The fourth-order valence-electron chi connectivity index (χ4n) is 3.82. The van der Waals surface area contributed by atoms with Crippen molar-refractivity contribution in [2.45, 2.75) is 64.2 Å². The SMILES string of the molecule is CCOC(=O)[C@H](CC(C)C)N[P+](=O)OC[C@H]1O[C@@H](n2cnc3c(OC)nc(N)nc32)C(C)(O)C1O. The van der Waals surface area contributed by atoms with E-state index in [1.54, 1.807) is 6.92 Å². The first kappa shape index (κ1) is 27.1. The fourth-order valence-corrected chi connectivity index (χ4v) is 4.64. The van der Waals surface area contributed by atoms with Crippen LogP contribution in [-0.4, -0.2) is 79.9 Å². The second kappa shape index (κ2) is 11.1. The van der Waals surface area contributed by atoms with Crippen LogP contribution in [0.3, 0.4) is 0 Å². The number of aromatic nitrogens is 4. The highest BCUT2D eigenvalue weighted by molar-refractivity contribution is 7.36. The number of nitrogens with one attached hydrogen (secondary N) is 1. The lowest BCUT2D eigenvalue weighted by molar-refractivity contribution is -0.145. The third-order valence-corrected chi connectivity index (χ3v) is 6.41. The number of hydrogen-bond donors (Lipinski definition) is 4. The highest BCUT2D eigenvalue weighted by Crippen LogP contribution is 2.41. The van der Waals surface area contributed by atoms with E-state index >= 15 is 0 Å². The van der Waals surface area contributed by atoms with E-state index in [0.29, 0.717) is 6.42 Å². The first-order chi connectivity index (χ1) is 16.5. The van der Waals surface area contributed by atoms with Gasteiger partial charge in [0.1, 0.15) is 24.4 Å². The Morgan fingerprint density at radius 3 is 2.77 bits per heavy atom. The molecule has 1 aliphatic rings. The van der Waals surface area contributed by atoms with Gasteiger partial charge in [0.05, 0.1) is 20.0 Å². The average Bonchev–Trinajstić information content (AvgIpc) is 3.29. The van der Waals surface area contributed by atoms with Gasteiger partial charge in [-0.15, -0.1) is 4.52 Å². The zero-order valence-electron chi connectivity index (χ0n) is 20.2. The number of esters is 1. The largest absolute Gasteiger partial charge is 0.613 e. The number of hydrogen-bond acceptors (Lipinski definition) is 12. The van der Waals surface area contributed by atoms with Crippen molar-refractivity contribution in [3.63, 3.8) is 0 Å². The van der Waals surface area contributed by atoms with Crippen LogP contribution < -0.4 is 15.6 Å². The van der Waals surface area contributed by atoms with Gasteiger partial charge < -0.3 is 30.2 Å². The third-order valence-electron chi connectivity index (χ3n) is 5.50. The first-order valence-electron chi connectivity index (χ1n) is 11.1. The van der Waals surface area contributed by atoms with E-state index in [9.17, 15) is 19.6 Å². The average molecular weight is 515 g/mol. The lowest BCUT2D eigenvalue weighted by Gasteiger charge is -2.27. The quantitative estimate of drug-likeness (QED) is 0.241. The van der Waals surface area contributed by atoms with Gasteiger partial charge in [0.2, 0.25) is 11.8 Å². The van der Waals surface area contributed by atoms with Gasteiger partial charge in [0.15, 0.2) is 23.4 Å². The summed E-state index contributed by atoms with van der Waals surface area (Å²) >= 11 is 0. The van der Waals surface area contributed by atoms with Crippen LogP contribution in [-0.2, 0) is 23.4 Å². The molecule has 3 heterocycles. The van der Waals surface area contributed by atoms with Crippen LogP contribution in [0.4, 0.5) is 5.95 Å². The molecule has 35 heavy (non-hydrogen) atoms. The number of rotatable bonds is 11. The molecule has 1 fully saturated rings. The Balaban J connectivity index is 1.72. The van der Waals surface area contributed by atoms with E-state index < -0.39 is 44.2 Å². The normalized spacial score (nSPS) is 25.7. The summed E-state index contributed by atoms with van der Waals surface area (Å²) in [7, 11) is -1.10. The van der Waals surface area contributed by atoms with Crippen LogP contribution in [0.5, 0.6) is 5.88 Å². The monoisotopic (exact) mass is 515 g/mol. The minimum atomic E-state index is -2.50. The van der Waals surface area contributed by atoms with Crippen LogP contribution in [0, 0.1) is 5.92 Å². The number of nitrogens with two attached hydrogens (primary N) is 1. The Labute approximate surface area is 203 Å². The van der Waals surface area contributed by atoms with Crippen molar-refractivity contribution in [2.75, 3.05) is 26.1 Å². The highest BCUT2D eigenvalue weighted by Gasteiger charge is 2.54. The molecule has 0 saturated carbocycles. The van der Waals surface area contributed by atoms with Gasteiger partial charge in [-0.25, -0.2) is 4.98 Å². The lowest BCUT2D eigenvalue weighted by Crippen LogP contribution is -2.44. The molecule has 14 nitrogen and oxygen atoms in total. The number of carbonyl (C=O) groups excluding carboxylic acids is 1. The van der Waals surface area contributed by atoms with Gasteiger partial charge in [0, 0.05) is 0 Å². The van der Waals surface area contributed by atoms with Crippen molar-refractivity contribution >= 4 is 31.3 Å². The molecule has 194 valence electrons. The van der Waals surface area contributed by atoms with Crippen molar-refractivity contribution in [3.8, 4) is 5.88 Å². The Morgan fingerprint density at radius 1 is 1.43 bits per heavy atom. The van der Waals surface area contributed by atoms with Crippen LogP contribution >= 0.6 is 8.18 Å². The minimum absolute atomic E-state index is 0.0743. The molecule has 3 rings (SSSR count). The minimum Gasteiger partial charge on any atom is -0.479 e. The summed E-state index contributed by atoms with van der Waals surface area (Å²) < 4.78 is 35.3. The number of ether oxygens (including phenoxy) is 3. The maximum atomic E-state index is 12.5. The van der Waals surface area contributed by atoms with Gasteiger partial charge >= 0.3 is 14.1 Å². The second-order valence-corrected chi connectivity index (χ2v) is 9.76. The summed E-state index contributed by atoms with van der Waals surface area (Å²) in [6.07, 6.45) is -1.85. The van der Waals surface area contributed by atoms with E-state index in [-0.39, 0.29) is 42.1 Å². The standard InChI is InChI=1S/C20H32N6O8P/c1-6-32-17(28)11(7-10(2)3)25-35(30)33-8-12-14(27)20(4,29)18(34-12)26-9-22-13-15(26)23-19(21)24-16(13)31-5/h9-12,14,18,27,29H,6-8H2,1-5H3,(H,25,30)(H2,21,23,24)/q+1/t11-,12+,14?,18+,20?/m0/s1. The predicted molar refractivity (Wildman–Crippen MR) is 123 cm³/mol. The number of imidazole rings is 1. The van der Waals surface area contributed by atoms with Crippen molar-refractivity contribution in [2.24, 2.45) is 5.92 Å². The number of aliphatic hydroxyl groups is 2. The second-order valence-electron chi connectivity index (χ2n) is 8.73. The topological polar surface area (TPSA) is 193 Å². The van der Waals surface area contributed by atoms with Crippen LogP contribution in [0.2, 0.25) is 0 Å². The molecular formula is C20H32N6O8P+. The van der Waals surface area contributed by atoms with E-state index in [1.165, 1.54) is 24.9 Å². The van der Waals surface area contributed by atoms with Gasteiger partial charge in [-0.2, -0.15) is 9.97 Å². The fraction of sp³-hybridized carbons (Fsp3) is 0.700. The van der Waals surface area contributed by atoms with Gasteiger partial charge in [-0.1, -0.05) is 18.9 Å².